The van der Waals surface area contributed by atoms with E-state index in [1.807, 2.05) is 6.92 Å². The Morgan fingerprint density at radius 3 is 2.85 bits per heavy atom. The minimum absolute atomic E-state index is 0.0356. The Bertz CT molecular complexity index is 480. The Morgan fingerprint density at radius 1 is 1.35 bits per heavy atom. The summed E-state index contributed by atoms with van der Waals surface area (Å²) in [5, 5.41) is 0. The SMILES string of the molecule is Cc1nc(C2CN3CCCC3CO2)nc(N)c1C(C)C. The minimum Gasteiger partial charge on any atom is -0.383 e. The lowest BCUT2D eigenvalue weighted by Crippen LogP contribution is -2.43. The number of aromatic nitrogens is 2. The molecule has 0 aliphatic carbocycles. The summed E-state index contributed by atoms with van der Waals surface area (Å²) in [5.41, 5.74) is 8.16. The number of nitrogens with two attached hydrogens (primary N) is 1. The maximum atomic E-state index is 6.12. The molecule has 0 spiro atoms. The van der Waals surface area contributed by atoms with Crippen LogP contribution in [-0.2, 0) is 4.74 Å². The predicted molar refractivity (Wildman–Crippen MR) is 78.6 cm³/mol. The largest absolute Gasteiger partial charge is 0.383 e. The normalized spacial score (nSPS) is 27.0. The quantitative estimate of drug-likeness (QED) is 0.895. The van der Waals surface area contributed by atoms with Crippen LogP contribution in [0, 0.1) is 6.92 Å². The van der Waals surface area contributed by atoms with Gasteiger partial charge in [-0.1, -0.05) is 13.8 Å². The third-order valence-corrected chi connectivity index (χ3v) is 4.44. The first-order chi connectivity index (χ1) is 9.56. The number of rotatable bonds is 2. The lowest BCUT2D eigenvalue weighted by molar-refractivity contribution is -0.0541. The Hall–Kier alpha value is -1.20. The van der Waals surface area contributed by atoms with E-state index in [9.17, 15) is 0 Å². The molecule has 5 nitrogen and oxygen atoms in total. The van der Waals surface area contributed by atoms with Crippen molar-refractivity contribution in [3.05, 3.63) is 17.1 Å². The second-order valence-corrected chi connectivity index (χ2v) is 6.23. The highest BCUT2D eigenvalue weighted by molar-refractivity contribution is 5.44. The van der Waals surface area contributed by atoms with Crippen molar-refractivity contribution in [2.45, 2.75) is 51.7 Å². The van der Waals surface area contributed by atoms with Crippen LogP contribution in [-0.4, -0.2) is 40.6 Å². The van der Waals surface area contributed by atoms with E-state index < -0.39 is 0 Å². The van der Waals surface area contributed by atoms with Crippen molar-refractivity contribution < 1.29 is 4.74 Å². The standard InChI is InChI=1S/C15H24N4O/c1-9(2)13-10(3)17-15(18-14(13)16)12-7-19-6-4-5-11(19)8-20-12/h9,11-12H,4-8H2,1-3H3,(H2,16,17,18). The number of morpholine rings is 1. The Kier molecular flexibility index (Phi) is 3.65. The summed E-state index contributed by atoms with van der Waals surface area (Å²) < 4.78 is 5.97. The fourth-order valence-electron chi connectivity index (χ4n) is 3.46. The Balaban J connectivity index is 1.84. The molecule has 2 atom stereocenters. The van der Waals surface area contributed by atoms with E-state index in [-0.39, 0.29) is 6.10 Å². The number of hydrogen-bond donors (Lipinski definition) is 1. The second-order valence-electron chi connectivity index (χ2n) is 6.23. The molecule has 110 valence electrons. The number of fused-ring (bicyclic) bond motifs is 1. The van der Waals surface area contributed by atoms with Crippen molar-refractivity contribution >= 4 is 5.82 Å². The van der Waals surface area contributed by atoms with Crippen molar-refractivity contribution in [1.82, 2.24) is 14.9 Å². The van der Waals surface area contributed by atoms with Crippen molar-refractivity contribution in [2.24, 2.45) is 0 Å². The highest BCUT2D eigenvalue weighted by atomic mass is 16.5. The first kappa shape index (κ1) is 13.8. The summed E-state index contributed by atoms with van der Waals surface area (Å²) in [6.07, 6.45) is 2.49. The van der Waals surface area contributed by atoms with Crippen LogP contribution in [0.3, 0.4) is 0 Å². The first-order valence-corrected chi connectivity index (χ1v) is 7.55. The van der Waals surface area contributed by atoms with Crippen molar-refractivity contribution in [1.29, 1.82) is 0 Å². The molecule has 2 aliphatic rings. The highest BCUT2D eigenvalue weighted by Gasteiger charge is 2.34. The monoisotopic (exact) mass is 276 g/mol. The van der Waals surface area contributed by atoms with Gasteiger partial charge in [0.15, 0.2) is 5.82 Å². The van der Waals surface area contributed by atoms with E-state index in [1.54, 1.807) is 0 Å². The number of ether oxygens (including phenoxy) is 1. The molecule has 2 aliphatic heterocycles. The average molecular weight is 276 g/mol. The van der Waals surface area contributed by atoms with Gasteiger partial charge >= 0.3 is 0 Å². The molecule has 1 aromatic heterocycles. The van der Waals surface area contributed by atoms with Gasteiger partial charge in [0.2, 0.25) is 0 Å². The number of anilines is 1. The molecule has 0 amide bonds. The van der Waals surface area contributed by atoms with Crippen molar-refractivity contribution in [3.63, 3.8) is 0 Å². The van der Waals surface area contributed by atoms with Gasteiger partial charge in [0.25, 0.3) is 0 Å². The fraction of sp³-hybridized carbons (Fsp3) is 0.733. The second kappa shape index (κ2) is 5.30. The van der Waals surface area contributed by atoms with Crippen LogP contribution < -0.4 is 5.73 Å². The minimum atomic E-state index is -0.0356. The Morgan fingerprint density at radius 2 is 2.15 bits per heavy atom. The summed E-state index contributed by atoms with van der Waals surface area (Å²) in [7, 11) is 0. The van der Waals surface area contributed by atoms with Gasteiger partial charge in [-0.2, -0.15) is 0 Å². The summed E-state index contributed by atoms with van der Waals surface area (Å²) in [5.74, 6) is 1.70. The zero-order valence-electron chi connectivity index (χ0n) is 12.6. The van der Waals surface area contributed by atoms with Crippen LogP contribution >= 0.6 is 0 Å². The third-order valence-electron chi connectivity index (χ3n) is 4.44. The molecular weight excluding hydrogens is 252 g/mol. The summed E-state index contributed by atoms with van der Waals surface area (Å²) in [6, 6.07) is 0.597. The van der Waals surface area contributed by atoms with Crippen LogP contribution in [0.1, 0.15) is 55.8 Å². The zero-order valence-corrected chi connectivity index (χ0v) is 12.6. The summed E-state index contributed by atoms with van der Waals surface area (Å²) >= 11 is 0. The molecule has 2 unspecified atom stereocenters. The molecule has 2 fully saturated rings. The summed E-state index contributed by atoms with van der Waals surface area (Å²) in [6.45, 7) is 9.10. The average Bonchev–Trinajstić information content (AvgIpc) is 2.84. The smallest absolute Gasteiger partial charge is 0.161 e. The maximum Gasteiger partial charge on any atom is 0.161 e. The molecule has 0 aromatic carbocycles. The van der Waals surface area contributed by atoms with Crippen LogP contribution in [0.2, 0.25) is 0 Å². The molecule has 0 radical (unpaired) electrons. The number of hydrogen-bond acceptors (Lipinski definition) is 5. The molecule has 3 heterocycles. The lowest BCUT2D eigenvalue weighted by Gasteiger charge is -2.34. The maximum absolute atomic E-state index is 6.12. The number of nitrogen functional groups attached to an aromatic ring is 1. The number of aryl methyl sites for hydroxylation is 1. The van der Waals surface area contributed by atoms with Gasteiger partial charge in [0.05, 0.1) is 6.61 Å². The molecule has 2 N–H and O–H groups in total. The molecule has 0 saturated carbocycles. The molecule has 1 aromatic rings. The molecule has 20 heavy (non-hydrogen) atoms. The van der Waals surface area contributed by atoms with E-state index >= 15 is 0 Å². The van der Waals surface area contributed by atoms with E-state index in [0.717, 1.165) is 30.2 Å². The van der Waals surface area contributed by atoms with Gasteiger partial charge in [0.1, 0.15) is 11.9 Å². The van der Waals surface area contributed by atoms with Crippen LogP contribution in [0.25, 0.3) is 0 Å². The van der Waals surface area contributed by atoms with Crippen LogP contribution in [0.4, 0.5) is 5.82 Å². The predicted octanol–water partition coefficient (Wildman–Crippen LogP) is 2.03. The van der Waals surface area contributed by atoms with Gasteiger partial charge in [-0.15, -0.1) is 0 Å². The lowest BCUT2D eigenvalue weighted by atomic mass is 10.0. The van der Waals surface area contributed by atoms with E-state index in [1.165, 1.54) is 19.4 Å². The third kappa shape index (κ3) is 2.40. The Labute approximate surface area is 120 Å². The van der Waals surface area contributed by atoms with Crippen molar-refractivity contribution in [2.75, 3.05) is 25.4 Å². The molecular formula is C15H24N4O. The van der Waals surface area contributed by atoms with Gasteiger partial charge in [-0.05, 0) is 32.2 Å². The van der Waals surface area contributed by atoms with Crippen LogP contribution in [0.5, 0.6) is 0 Å². The molecule has 5 heteroatoms. The topological polar surface area (TPSA) is 64.3 Å². The van der Waals surface area contributed by atoms with Crippen LogP contribution in [0.15, 0.2) is 0 Å². The van der Waals surface area contributed by atoms with Gasteiger partial charge in [-0.25, -0.2) is 9.97 Å². The molecule has 2 saturated heterocycles. The highest BCUT2D eigenvalue weighted by Crippen LogP contribution is 2.30. The summed E-state index contributed by atoms with van der Waals surface area (Å²) in [4.78, 5) is 11.7. The zero-order chi connectivity index (χ0) is 14.3. The van der Waals surface area contributed by atoms with Crippen molar-refractivity contribution in [3.8, 4) is 0 Å². The van der Waals surface area contributed by atoms with E-state index in [2.05, 4.69) is 28.7 Å². The number of nitrogens with zero attached hydrogens (tertiary/aromatic N) is 3. The van der Waals surface area contributed by atoms with Gasteiger partial charge in [0, 0.05) is 23.8 Å². The first-order valence-electron chi connectivity index (χ1n) is 7.55. The fourth-order valence-corrected chi connectivity index (χ4v) is 3.46. The van der Waals surface area contributed by atoms with E-state index in [0.29, 0.717) is 17.8 Å². The molecule has 3 rings (SSSR count). The van der Waals surface area contributed by atoms with Gasteiger partial charge in [-0.3, -0.25) is 4.90 Å². The van der Waals surface area contributed by atoms with E-state index in [4.69, 9.17) is 10.5 Å². The molecule has 0 bridgehead atoms. The van der Waals surface area contributed by atoms with Gasteiger partial charge < -0.3 is 10.5 Å².